The van der Waals surface area contributed by atoms with Crippen LogP contribution in [-0.4, -0.2) is 29.7 Å². The minimum absolute atomic E-state index is 0.0530. The fourth-order valence-electron chi connectivity index (χ4n) is 4.28. The van der Waals surface area contributed by atoms with E-state index in [4.69, 9.17) is 11.6 Å². The molecule has 0 radical (unpaired) electrons. The zero-order valence-corrected chi connectivity index (χ0v) is 16.9. The highest BCUT2D eigenvalue weighted by Gasteiger charge is 2.50. The number of fused-ring (bicyclic) bond motifs is 1. The van der Waals surface area contributed by atoms with Crippen LogP contribution in [0.2, 0.25) is 5.02 Å². The monoisotopic (exact) mass is 419 g/mol. The van der Waals surface area contributed by atoms with Crippen LogP contribution in [0.15, 0.2) is 41.3 Å². The molecule has 0 atom stereocenters. The van der Waals surface area contributed by atoms with Gasteiger partial charge in [0, 0.05) is 18.2 Å². The Morgan fingerprint density at radius 1 is 1.14 bits per heavy atom. The number of halogens is 2. The van der Waals surface area contributed by atoms with Gasteiger partial charge in [-0.1, -0.05) is 29.3 Å². The van der Waals surface area contributed by atoms with Gasteiger partial charge in [0.05, 0.1) is 20.8 Å². The smallest absolute Gasteiger partial charge is 0.283 e. The molecule has 0 bridgehead atoms. The lowest BCUT2D eigenvalue weighted by Gasteiger charge is -2.59. The van der Waals surface area contributed by atoms with Crippen molar-refractivity contribution in [2.75, 3.05) is 11.4 Å². The van der Waals surface area contributed by atoms with Gasteiger partial charge in [-0.2, -0.15) is 12.5 Å². The third-order valence-electron chi connectivity index (χ3n) is 6.11. The van der Waals surface area contributed by atoms with Crippen LogP contribution >= 0.6 is 11.6 Å². The minimum Gasteiger partial charge on any atom is -0.349 e. The maximum atomic E-state index is 14.1. The third-order valence-corrected chi connectivity index (χ3v) is 8.01. The highest BCUT2D eigenvalue weighted by atomic mass is 35.5. The lowest BCUT2D eigenvalue weighted by molar-refractivity contribution is 0.150. The Morgan fingerprint density at radius 3 is 2.43 bits per heavy atom. The maximum absolute atomic E-state index is 14.1. The van der Waals surface area contributed by atoms with Crippen molar-refractivity contribution in [1.29, 1.82) is 0 Å². The standard InChI is InChI=1S/C20H19ClFN3O2S/c1-13-3-5-15(6-4-13)28(26,27)25-17-12-14(22)11-16(21)18(17)19(23-25)24-10-9-20(24)7-2-8-20/h3-6,11-12H,2,7-10H2,1H3. The first kappa shape index (κ1) is 17.9. The second kappa shape index (κ2) is 5.94. The molecule has 1 aliphatic heterocycles. The lowest BCUT2D eigenvalue weighted by Crippen LogP contribution is -2.64. The average molecular weight is 420 g/mol. The highest BCUT2D eigenvalue weighted by molar-refractivity contribution is 7.90. The van der Waals surface area contributed by atoms with Crippen LogP contribution in [-0.2, 0) is 10.0 Å². The molecular weight excluding hydrogens is 401 g/mol. The summed E-state index contributed by atoms with van der Waals surface area (Å²) < 4.78 is 41.6. The van der Waals surface area contributed by atoms with E-state index in [0.717, 1.165) is 41.9 Å². The zero-order chi connectivity index (χ0) is 19.7. The van der Waals surface area contributed by atoms with E-state index in [-0.39, 0.29) is 21.0 Å². The number of anilines is 1. The molecule has 28 heavy (non-hydrogen) atoms. The van der Waals surface area contributed by atoms with Crippen LogP contribution in [0.1, 0.15) is 31.2 Å². The van der Waals surface area contributed by atoms with E-state index in [2.05, 4.69) is 10.00 Å². The number of rotatable bonds is 3. The Hall–Kier alpha value is -2.12. The van der Waals surface area contributed by atoms with E-state index in [1.54, 1.807) is 12.1 Å². The fourth-order valence-corrected chi connectivity index (χ4v) is 5.83. The molecule has 5 nitrogen and oxygen atoms in total. The number of aryl methyl sites for hydroxylation is 1. The summed E-state index contributed by atoms with van der Waals surface area (Å²) in [5.74, 6) is -0.0621. The molecule has 1 saturated heterocycles. The van der Waals surface area contributed by atoms with Crippen LogP contribution in [0.3, 0.4) is 0 Å². The van der Waals surface area contributed by atoms with Crippen molar-refractivity contribution >= 4 is 38.3 Å². The van der Waals surface area contributed by atoms with E-state index >= 15 is 0 Å². The van der Waals surface area contributed by atoms with Crippen LogP contribution < -0.4 is 4.90 Å². The number of hydrogen-bond acceptors (Lipinski definition) is 4. The summed E-state index contributed by atoms with van der Waals surface area (Å²) >= 11 is 6.36. The van der Waals surface area contributed by atoms with E-state index < -0.39 is 15.8 Å². The molecule has 2 aliphatic rings. The number of aromatic nitrogens is 2. The van der Waals surface area contributed by atoms with Crippen molar-refractivity contribution in [3.05, 3.63) is 52.8 Å². The number of nitrogens with zero attached hydrogens (tertiary/aromatic N) is 3. The zero-order valence-electron chi connectivity index (χ0n) is 15.3. The van der Waals surface area contributed by atoms with E-state index in [0.29, 0.717) is 11.2 Å². The van der Waals surface area contributed by atoms with Gasteiger partial charge in [0.2, 0.25) is 0 Å². The van der Waals surface area contributed by atoms with Gasteiger partial charge in [-0.05, 0) is 50.8 Å². The second-order valence-electron chi connectivity index (χ2n) is 7.75. The lowest BCUT2D eigenvalue weighted by atomic mass is 9.68. The van der Waals surface area contributed by atoms with Crippen molar-refractivity contribution in [3.8, 4) is 0 Å². The summed E-state index contributed by atoms with van der Waals surface area (Å²) in [4.78, 5) is 2.25. The first-order valence-electron chi connectivity index (χ1n) is 9.30. The molecular formula is C20H19ClFN3O2S. The molecule has 0 unspecified atom stereocenters. The summed E-state index contributed by atoms with van der Waals surface area (Å²) in [5.41, 5.74) is 1.17. The van der Waals surface area contributed by atoms with Gasteiger partial charge in [0.1, 0.15) is 5.82 Å². The van der Waals surface area contributed by atoms with Crippen molar-refractivity contribution in [1.82, 2.24) is 9.19 Å². The molecule has 2 heterocycles. The van der Waals surface area contributed by atoms with E-state index in [9.17, 15) is 12.8 Å². The SMILES string of the molecule is Cc1ccc(S(=O)(=O)n2nc(N3CCC34CCC4)c3c(Cl)cc(F)cc32)cc1. The van der Waals surface area contributed by atoms with Gasteiger partial charge < -0.3 is 4.90 Å². The molecule has 146 valence electrons. The molecule has 1 spiro atoms. The van der Waals surface area contributed by atoms with Gasteiger partial charge in [-0.25, -0.2) is 4.39 Å². The predicted molar refractivity (Wildman–Crippen MR) is 107 cm³/mol. The molecule has 1 saturated carbocycles. The van der Waals surface area contributed by atoms with Crippen LogP contribution in [0.5, 0.6) is 0 Å². The Bertz CT molecular complexity index is 1190. The summed E-state index contributed by atoms with van der Waals surface area (Å²) in [5, 5.41) is 5.13. The van der Waals surface area contributed by atoms with E-state index in [1.165, 1.54) is 24.3 Å². The Labute approximate surface area is 167 Å². The van der Waals surface area contributed by atoms with Gasteiger partial charge in [-0.3, -0.25) is 0 Å². The third kappa shape index (κ3) is 2.42. The predicted octanol–water partition coefficient (Wildman–Crippen LogP) is 4.51. The molecule has 1 aliphatic carbocycles. The summed E-state index contributed by atoms with van der Waals surface area (Å²) in [6.07, 6.45) is 4.33. The van der Waals surface area contributed by atoms with Crippen molar-refractivity contribution < 1.29 is 12.8 Å². The Kier molecular flexibility index (Phi) is 3.81. The second-order valence-corrected chi connectivity index (χ2v) is 9.92. The first-order chi connectivity index (χ1) is 13.3. The number of hydrogen-bond donors (Lipinski definition) is 0. The molecule has 5 rings (SSSR count). The van der Waals surface area contributed by atoms with Crippen molar-refractivity contribution in [2.24, 2.45) is 0 Å². The Balaban J connectivity index is 1.74. The summed E-state index contributed by atoms with van der Waals surface area (Å²) in [6, 6.07) is 8.94. The molecule has 0 N–H and O–H groups in total. The minimum atomic E-state index is -3.99. The quantitative estimate of drug-likeness (QED) is 0.626. The van der Waals surface area contributed by atoms with Gasteiger partial charge in [0.25, 0.3) is 10.0 Å². The molecule has 2 fully saturated rings. The van der Waals surface area contributed by atoms with Gasteiger partial charge in [0.15, 0.2) is 5.82 Å². The van der Waals surface area contributed by atoms with Crippen LogP contribution in [0, 0.1) is 12.7 Å². The molecule has 2 aromatic carbocycles. The highest BCUT2D eigenvalue weighted by Crippen LogP contribution is 2.51. The van der Waals surface area contributed by atoms with Crippen molar-refractivity contribution in [3.63, 3.8) is 0 Å². The largest absolute Gasteiger partial charge is 0.349 e. The van der Waals surface area contributed by atoms with Crippen molar-refractivity contribution in [2.45, 2.75) is 43.0 Å². The van der Waals surface area contributed by atoms with Gasteiger partial charge in [-0.15, -0.1) is 5.10 Å². The topological polar surface area (TPSA) is 55.2 Å². The number of benzene rings is 2. The molecule has 1 aromatic heterocycles. The molecule has 0 amide bonds. The first-order valence-corrected chi connectivity index (χ1v) is 11.1. The fraction of sp³-hybridized carbons (Fsp3) is 0.350. The maximum Gasteiger partial charge on any atom is 0.283 e. The summed E-state index contributed by atoms with van der Waals surface area (Å²) in [7, 11) is -3.99. The Morgan fingerprint density at radius 2 is 1.86 bits per heavy atom. The average Bonchev–Trinajstić information content (AvgIpc) is 2.93. The van der Waals surface area contributed by atoms with E-state index in [1.807, 2.05) is 6.92 Å². The van der Waals surface area contributed by atoms with Crippen LogP contribution in [0.25, 0.3) is 10.9 Å². The van der Waals surface area contributed by atoms with Gasteiger partial charge >= 0.3 is 0 Å². The summed E-state index contributed by atoms with van der Waals surface area (Å²) in [6.45, 7) is 2.68. The van der Waals surface area contributed by atoms with Crippen LogP contribution in [0.4, 0.5) is 10.2 Å². The normalized spacial score (nSPS) is 18.3. The molecule has 8 heteroatoms. The molecule has 3 aromatic rings.